The fourth-order valence-corrected chi connectivity index (χ4v) is 5.44. The van der Waals surface area contributed by atoms with Crippen LogP contribution in [0.5, 0.6) is 0 Å². The van der Waals surface area contributed by atoms with Crippen molar-refractivity contribution in [2.24, 2.45) is 0 Å². The Bertz CT molecular complexity index is 1190. The first-order valence-corrected chi connectivity index (χ1v) is 11.6. The molecule has 1 aromatic heterocycles. The molecule has 1 aliphatic rings. The maximum absolute atomic E-state index is 13.1. The smallest absolute Gasteiger partial charge is 0.255 e. The number of aryl methyl sites for hydroxylation is 2. The highest BCUT2D eigenvalue weighted by Crippen LogP contribution is 2.25. The SMILES string of the molecule is CCc1nc2cc(NC(=O)c3ccc(C)c(S(=O)(=O)N4CCCCC4)c3)ccc2o1. The zero-order valence-corrected chi connectivity index (χ0v) is 18.0. The second kappa shape index (κ2) is 8.20. The molecule has 0 bridgehead atoms. The van der Waals surface area contributed by atoms with E-state index < -0.39 is 10.0 Å². The lowest BCUT2D eigenvalue weighted by Crippen LogP contribution is -2.36. The molecule has 0 saturated carbocycles. The van der Waals surface area contributed by atoms with Crippen LogP contribution in [0.15, 0.2) is 45.7 Å². The molecule has 1 amide bonds. The van der Waals surface area contributed by atoms with Gasteiger partial charge in [0.2, 0.25) is 10.0 Å². The molecule has 0 radical (unpaired) electrons. The van der Waals surface area contributed by atoms with Crippen LogP contribution in [0.3, 0.4) is 0 Å². The molecule has 2 heterocycles. The third-order valence-electron chi connectivity index (χ3n) is 5.38. The highest BCUT2D eigenvalue weighted by atomic mass is 32.2. The summed E-state index contributed by atoms with van der Waals surface area (Å²) in [5.41, 5.74) is 2.83. The number of benzene rings is 2. The van der Waals surface area contributed by atoms with Crippen LogP contribution in [-0.2, 0) is 16.4 Å². The Hall–Kier alpha value is -2.71. The molecule has 7 nitrogen and oxygen atoms in total. The van der Waals surface area contributed by atoms with E-state index in [4.69, 9.17) is 4.42 Å². The first kappa shape index (κ1) is 20.6. The van der Waals surface area contributed by atoms with E-state index in [-0.39, 0.29) is 10.8 Å². The number of amides is 1. The average molecular weight is 428 g/mol. The number of rotatable bonds is 5. The number of aromatic nitrogens is 1. The number of oxazole rings is 1. The Kier molecular flexibility index (Phi) is 5.62. The predicted molar refractivity (Wildman–Crippen MR) is 115 cm³/mol. The van der Waals surface area contributed by atoms with E-state index in [1.165, 1.54) is 10.4 Å². The van der Waals surface area contributed by atoms with E-state index in [1.807, 2.05) is 6.92 Å². The molecule has 30 heavy (non-hydrogen) atoms. The summed E-state index contributed by atoms with van der Waals surface area (Å²) in [4.78, 5) is 17.4. The number of nitrogens with one attached hydrogen (secondary N) is 1. The van der Waals surface area contributed by atoms with E-state index in [1.54, 1.807) is 37.3 Å². The second-order valence-electron chi connectivity index (χ2n) is 7.54. The average Bonchev–Trinajstić information content (AvgIpc) is 3.17. The van der Waals surface area contributed by atoms with Crippen molar-refractivity contribution in [3.63, 3.8) is 0 Å². The van der Waals surface area contributed by atoms with E-state index >= 15 is 0 Å². The lowest BCUT2D eigenvalue weighted by Gasteiger charge is -2.26. The fraction of sp³-hybridized carbons (Fsp3) is 0.364. The summed E-state index contributed by atoms with van der Waals surface area (Å²) in [6.07, 6.45) is 3.46. The van der Waals surface area contributed by atoms with Gasteiger partial charge in [0.1, 0.15) is 5.52 Å². The second-order valence-corrected chi connectivity index (χ2v) is 9.45. The van der Waals surface area contributed by atoms with Crippen LogP contribution in [-0.4, -0.2) is 36.7 Å². The molecular formula is C22H25N3O4S. The third-order valence-corrected chi connectivity index (χ3v) is 7.42. The van der Waals surface area contributed by atoms with E-state index in [9.17, 15) is 13.2 Å². The lowest BCUT2D eigenvalue weighted by atomic mass is 10.1. The van der Waals surface area contributed by atoms with Gasteiger partial charge in [0.05, 0.1) is 4.90 Å². The summed E-state index contributed by atoms with van der Waals surface area (Å²) < 4.78 is 33.3. The number of hydrogen-bond donors (Lipinski definition) is 1. The summed E-state index contributed by atoms with van der Waals surface area (Å²) in [7, 11) is -3.62. The summed E-state index contributed by atoms with van der Waals surface area (Å²) in [6.45, 7) is 4.76. The quantitative estimate of drug-likeness (QED) is 0.661. The van der Waals surface area contributed by atoms with Gasteiger partial charge in [-0.15, -0.1) is 0 Å². The lowest BCUT2D eigenvalue weighted by molar-refractivity contribution is 0.102. The van der Waals surface area contributed by atoms with Crippen molar-refractivity contribution in [2.75, 3.05) is 18.4 Å². The summed E-state index contributed by atoms with van der Waals surface area (Å²) in [5.74, 6) is 0.267. The Morgan fingerprint density at radius 3 is 2.63 bits per heavy atom. The zero-order valence-electron chi connectivity index (χ0n) is 17.1. The van der Waals surface area contributed by atoms with Gasteiger partial charge in [0.15, 0.2) is 11.5 Å². The molecule has 8 heteroatoms. The highest BCUT2D eigenvalue weighted by molar-refractivity contribution is 7.89. The zero-order chi connectivity index (χ0) is 21.3. The Morgan fingerprint density at radius 2 is 1.90 bits per heavy atom. The van der Waals surface area contributed by atoms with Gasteiger partial charge in [-0.1, -0.05) is 19.4 Å². The van der Waals surface area contributed by atoms with Crippen LogP contribution in [0, 0.1) is 6.92 Å². The van der Waals surface area contributed by atoms with Gasteiger partial charge in [0, 0.05) is 30.8 Å². The molecule has 4 rings (SSSR count). The van der Waals surface area contributed by atoms with Gasteiger partial charge in [0.25, 0.3) is 5.91 Å². The maximum Gasteiger partial charge on any atom is 0.255 e. The molecule has 0 spiro atoms. The van der Waals surface area contributed by atoms with Crippen molar-refractivity contribution >= 4 is 32.7 Å². The normalized spacial score (nSPS) is 15.4. The van der Waals surface area contributed by atoms with Crippen LogP contribution >= 0.6 is 0 Å². The van der Waals surface area contributed by atoms with Crippen LogP contribution in [0.2, 0.25) is 0 Å². The number of hydrogen-bond acceptors (Lipinski definition) is 5. The molecule has 1 aliphatic heterocycles. The summed E-state index contributed by atoms with van der Waals surface area (Å²) >= 11 is 0. The topological polar surface area (TPSA) is 92.5 Å². The number of piperidine rings is 1. The standard InChI is InChI=1S/C22H25N3O4S/c1-3-21-24-18-14-17(9-10-19(18)29-21)23-22(26)16-8-7-15(2)20(13-16)30(27,28)25-11-5-4-6-12-25/h7-10,13-14H,3-6,11-12H2,1-2H3,(H,23,26). The molecule has 158 valence electrons. The van der Waals surface area contributed by atoms with Crippen molar-refractivity contribution in [1.29, 1.82) is 0 Å². The number of fused-ring (bicyclic) bond motifs is 1. The maximum atomic E-state index is 13.1. The van der Waals surface area contributed by atoms with Gasteiger partial charge in [-0.3, -0.25) is 4.79 Å². The highest BCUT2D eigenvalue weighted by Gasteiger charge is 2.28. The van der Waals surface area contributed by atoms with Gasteiger partial charge < -0.3 is 9.73 Å². The summed E-state index contributed by atoms with van der Waals surface area (Å²) in [5, 5.41) is 2.83. The molecule has 0 atom stereocenters. The Morgan fingerprint density at radius 1 is 1.13 bits per heavy atom. The number of nitrogens with zero attached hydrogens (tertiary/aromatic N) is 2. The minimum absolute atomic E-state index is 0.191. The van der Waals surface area contributed by atoms with Crippen LogP contribution in [0.4, 0.5) is 5.69 Å². The number of carbonyl (C=O) groups is 1. The van der Waals surface area contributed by atoms with Gasteiger partial charge in [-0.05, 0) is 55.7 Å². The van der Waals surface area contributed by atoms with Gasteiger partial charge in [-0.25, -0.2) is 13.4 Å². The largest absolute Gasteiger partial charge is 0.441 e. The molecule has 0 aliphatic carbocycles. The van der Waals surface area contributed by atoms with Gasteiger partial charge >= 0.3 is 0 Å². The molecule has 1 saturated heterocycles. The first-order chi connectivity index (χ1) is 14.4. The monoisotopic (exact) mass is 427 g/mol. The first-order valence-electron chi connectivity index (χ1n) is 10.2. The molecule has 1 N–H and O–H groups in total. The number of carbonyl (C=O) groups excluding carboxylic acids is 1. The van der Waals surface area contributed by atoms with Crippen molar-refractivity contribution in [2.45, 2.75) is 44.4 Å². The molecular weight excluding hydrogens is 402 g/mol. The van der Waals surface area contributed by atoms with E-state index in [2.05, 4.69) is 10.3 Å². The van der Waals surface area contributed by atoms with Crippen molar-refractivity contribution in [3.05, 3.63) is 53.4 Å². The minimum Gasteiger partial charge on any atom is -0.441 e. The predicted octanol–water partition coefficient (Wildman–Crippen LogP) is 4.13. The fourth-order valence-electron chi connectivity index (χ4n) is 3.67. The Labute approximate surface area is 176 Å². The summed E-state index contributed by atoms with van der Waals surface area (Å²) in [6, 6.07) is 10.0. The van der Waals surface area contributed by atoms with Crippen LogP contribution in [0.25, 0.3) is 11.1 Å². The Balaban J connectivity index is 1.59. The third kappa shape index (κ3) is 3.97. The van der Waals surface area contributed by atoms with Crippen LogP contribution in [0.1, 0.15) is 48.0 Å². The van der Waals surface area contributed by atoms with Crippen molar-refractivity contribution < 1.29 is 17.6 Å². The van der Waals surface area contributed by atoms with E-state index in [0.717, 1.165) is 19.3 Å². The van der Waals surface area contributed by atoms with E-state index in [0.29, 0.717) is 53.3 Å². The molecule has 1 fully saturated rings. The number of anilines is 1. The number of sulfonamides is 1. The van der Waals surface area contributed by atoms with Crippen LogP contribution < -0.4 is 5.32 Å². The van der Waals surface area contributed by atoms with Crippen molar-refractivity contribution in [1.82, 2.24) is 9.29 Å². The minimum atomic E-state index is -3.62. The molecule has 0 unspecified atom stereocenters. The van der Waals surface area contributed by atoms with Gasteiger partial charge in [-0.2, -0.15) is 4.31 Å². The molecule has 2 aromatic carbocycles. The van der Waals surface area contributed by atoms with Crippen molar-refractivity contribution in [3.8, 4) is 0 Å². The molecule has 3 aromatic rings.